The van der Waals surface area contributed by atoms with Crippen molar-refractivity contribution in [3.63, 3.8) is 0 Å². The van der Waals surface area contributed by atoms with Gasteiger partial charge in [-0.1, -0.05) is 31.2 Å². The minimum Gasteiger partial charge on any atom is -0.355 e. The van der Waals surface area contributed by atoms with Gasteiger partial charge in [-0.15, -0.1) is 0 Å². The molecule has 0 bridgehead atoms. The number of hydrogen-bond donors (Lipinski definition) is 1. The smallest absolute Gasteiger partial charge is 0.0457 e. The summed E-state index contributed by atoms with van der Waals surface area (Å²) >= 11 is 0. The van der Waals surface area contributed by atoms with Crippen LogP contribution >= 0.6 is 0 Å². The molecule has 0 spiro atoms. The number of anilines is 2. The van der Waals surface area contributed by atoms with Gasteiger partial charge in [0.15, 0.2) is 0 Å². The van der Waals surface area contributed by atoms with Gasteiger partial charge in [0.25, 0.3) is 0 Å². The van der Waals surface area contributed by atoms with Crippen molar-refractivity contribution in [1.82, 2.24) is 0 Å². The third kappa shape index (κ3) is 1.84. The number of para-hydroxylation sites is 1. The molecule has 20 heavy (non-hydrogen) atoms. The first kappa shape index (κ1) is 12.0. The number of aryl methyl sites for hydroxylation is 2. The molecule has 0 amide bonds. The fraction of sp³-hybridized carbons (Fsp3) is 0.368. The molecule has 1 nitrogen and oxygen atoms in total. The summed E-state index contributed by atoms with van der Waals surface area (Å²) in [4.78, 5) is 0. The Hall–Kier alpha value is -1.76. The largest absolute Gasteiger partial charge is 0.355 e. The summed E-state index contributed by atoms with van der Waals surface area (Å²) in [6, 6.07) is 13.1. The van der Waals surface area contributed by atoms with Crippen molar-refractivity contribution in [1.29, 1.82) is 0 Å². The molecule has 2 aliphatic rings. The summed E-state index contributed by atoms with van der Waals surface area (Å²) in [6.07, 6.45) is 6.38. The molecule has 0 fully saturated rings. The van der Waals surface area contributed by atoms with Crippen LogP contribution in [0.15, 0.2) is 36.4 Å². The molecular weight excluding hydrogens is 242 g/mol. The van der Waals surface area contributed by atoms with Crippen LogP contribution in [0.5, 0.6) is 0 Å². The third-order valence-corrected chi connectivity index (χ3v) is 4.91. The highest BCUT2D eigenvalue weighted by Gasteiger charge is 2.27. The average Bonchev–Trinajstić information content (AvgIpc) is 3.07. The van der Waals surface area contributed by atoms with Crippen molar-refractivity contribution in [3.05, 3.63) is 58.7 Å². The monoisotopic (exact) mass is 263 g/mol. The maximum absolute atomic E-state index is 3.74. The van der Waals surface area contributed by atoms with Crippen molar-refractivity contribution < 1.29 is 0 Å². The van der Waals surface area contributed by atoms with Crippen LogP contribution in [-0.2, 0) is 19.3 Å². The van der Waals surface area contributed by atoms with Crippen molar-refractivity contribution in [2.24, 2.45) is 0 Å². The predicted octanol–water partition coefficient (Wildman–Crippen LogP) is 4.97. The minimum atomic E-state index is 0.696. The van der Waals surface area contributed by atoms with Crippen molar-refractivity contribution in [2.45, 2.75) is 44.9 Å². The van der Waals surface area contributed by atoms with E-state index < -0.39 is 0 Å². The van der Waals surface area contributed by atoms with E-state index in [-0.39, 0.29) is 0 Å². The highest BCUT2D eigenvalue weighted by atomic mass is 14.9. The van der Waals surface area contributed by atoms with Gasteiger partial charge in [0.05, 0.1) is 0 Å². The number of fused-ring (bicyclic) bond motifs is 2. The molecule has 2 aromatic rings. The molecule has 4 rings (SSSR count). The summed E-state index contributed by atoms with van der Waals surface area (Å²) in [5, 5.41) is 3.74. The van der Waals surface area contributed by atoms with Gasteiger partial charge in [-0.25, -0.2) is 0 Å². The highest BCUT2D eigenvalue weighted by molar-refractivity contribution is 5.72. The Morgan fingerprint density at radius 3 is 2.70 bits per heavy atom. The molecule has 0 aromatic heterocycles. The quantitative estimate of drug-likeness (QED) is 0.806. The normalized spacial score (nSPS) is 19.8. The predicted molar refractivity (Wildman–Crippen MR) is 84.9 cm³/mol. The summed E-state index contributed by atoms with van der Waals surface area (Å²) in [5.41, 5.74) is 9.02. The van der Waals surface area contributed by atoms with E-state index in [1.54, 1.807) is 22.3 Å². The van der Waals surface area contributed by atoms with Gasteiger partial charge < -0.3 is 5.32 Å². The van der Waals surface area contributed by atoms with Crippen LogP contribution in [-0.4, -0.2) is 0 Å². The van der Waals surface area contributed by atoms with Gasteiger partial charge in [0, 0.05) is 11.4 Å². The zero-order valence-corrected chi connectivity index (χ0v) is 12.1. The first-order chi connectivity index (χ1) is 9.83. The van der Waals surface area contributed by atoms with Gasteiger partial charge >= 0.3 is 0 Å². The Morgan fingerprint density at radius 2 is 1.85 bits per heavy atom. The summed E-state index contributed by atoms with van der Waals surface area (Å²) in [5.74, 6) is 0.696. The zero-order chi connectivity index (χ0) is 13.5. The Kier molecular flexibility index (Phi) is 2.80. The van der Waals surface area contributed by atoms with E-state index in [9.17, 15) is 0 Å². The maximum atomic E-state index is 3.74. The molecule has 1 atom stereocenters. The molecule has 2 aliphatic carbocycles. The standard InChI is InChI=1S/C19H21N/c1-13-10-11-15-12-14-6-5-9-17(14)19(18(13)15)20-16-7-3-2-4-8-16/h2-4,7-8,12-13,20H,5-6,9-11H2,1H3/t13-/m0/s1. The molecule has 0 saturated heterocycles. The first-order valence-electron chi connectivity index (χ1n) is 7.82. The van der Waals surface area contributed by atoms with Crippen LogP contribution in [0, 0.1) is 0 Å². The van der Waals surface area contributed by atoms with Crippen molar-refractivity contribution in [3.8, 4) is 0 Å². The van der Waals surface area contributed by atoms with E-state index in [0.717, 1.165) is 0 Å². The van der Waals surface area contributed by atoms with Gasteiger partial charge in [0.2, 0.25) is 0 Å². The third-order valence-electron chi connectivity index (χ3n) is 4.91. The first-order valence-corrected chi connectivity index (χ1v) is 7.82. The fourth-order valence-electron chi connectivity index (χ4n) is 3.92. The molecular formula is C19H21N. The van der Waals surface area contributed by atoms with E-state index >= 15 is 0 Å². The molecule has 0 saturated carbocycles. The van der Waals surface area contributed by atoms with E-state index in [2.05, 4.69) is 48.6 Å². The lowest BCUT2D eigenvalue weighted by atomic mass is 9.94. The highest BCUT2D eigenvalue weighted by Crippen LogP contribution is 2.44. The van der Waals surface area contributed by atoms with Gasteiger partial charge in [-0.05, 0) is 72.4 Å². The van der Waals surface area contributed by atoms with Crippen molar-refractivity contribution in [2.75, 3.05) is 5.32 Å². The zero-order valence-electron chi connectivity index (χ0n) is 12.1. The second kappa shape index (κ2) is 4.66. The number of benzene rings is 2. The fourth-order valence-corrected chi connectivity index (χ4v) is 3.92. The van der Waals surface area contributed by atoms with Crippen LogP contribution in [0.4, 0.5) is 11.4 Å². The lowest BCUT2D eigenvalue weighted by Crippen LogP contribution is -2.03. The van der Waals surface area contributed by atoms with Gasteiger partial charge in [-0.3, -0.25) is 0 Å². The molecule has 0 heterocycles. The lowest BCUT2D eigenvalue weighted by Gasteiger charge is -2.19. The molecule has 102 valence electrons. The Bertz CT molecular complexity index is 643. The summed E-state index contributed by atoms with van der Waals surface area (Å²) in [7, 11) is 0. The van der Waals surface area contributed by atoms with Crippen LogP contribution in [0.25, 0.3) is 0 Å². The lowest BCUT2D eigenvalue weighted by molar-refractivity contribution is 0.747. The second-order valence-electron chi connectivity index (χ2n) is 6.25. The Labute approximate surface area is 121 Å². The van der Waals surface area contributed by atoms with Crippen LogP contribution in [0.2, 0.25) is 0 Å². The summed E-state index contributed by atoms with van der Waals surface area (Å²) in [6.45, 7) is 2.38. The SMILES string of the molecule is C[C@H]1CCc2cc3c(c(Nc4ccccc4)c21)CCC3. The minimum absolute atomic E-state index is 0.696. The van der Waals surface area contributed by atoms with Crippen LogP contribution in [0.3, 0.4) is 0 Å². The Balaban J connectivity index is 1.85. The maximum Gasteiger partial charge on any atom is 0.0457 e. The van der Waals surface area contributed by atoms with Gasteiger partial charge in [0.1, 0.15) is 0 Å². The second-order valence-corrected chi connectivity index (χ2v) is 6.25. The van der Waals surface area contributed by atoms with E-state index in [0.29, 0.717) is 5.92 Å². The van der Waals surface area contributed by atoms with Crippen LogP contribution in [0.1, 0.15) is 47.9 Å². The topological polar surface area (TPSA) is 12.0 Å². The van der Waals surface area contributed by atoms with Crippen molar-refractivity contribution >= 4 is 11.4 Å². The molecule has 0 aliphatic heterocycles. The van der Waals surface area contributed by atoms with E-state index in [1.807, 2.05) is 0 Å². The van der Waals surface area contributed by atoms with E-state index in [1.165, 1.54) is 43.5 Å². The van der Waals surface area contributed by atoms with E-state index in [4.69, 9.17) is 0 Å². The molecule has 2 aromatic carbocycles. The number of hydrogen-bond acceptors (Lipinski definition) is 1. The van der Waals surface area contributed by atoms with Crippen LogP contribution < -0.4 is 5.32 Å². The number of rotatable bonds is 2. The molecule has 1 N–H and O–H groups in total. The molecule has 0 radical (unpaired) electrons. The average molecular weight is 263 g/mol. The number of nitrogens with one attached hydrogen (secondary N) is 1. The van der Waals surface area contributed by atoms with Gasteiger partial charge in [-0.2, -0.15) is 0 Å². The molecule has 1 heteroatoms. The Morgan fingerprint density at radius 1 is 1.00 bits per heavy atom. The summed E-state index contributed by atoms with van der Waals surface area (Å²) < 4.78 is 0. The molecule has 0 unspecified atom stereocenters.